The van der Waals surface area contributed by atoms with Crippen LogP contribution in [0.3, 0.4) is 0 Å². The monoisotopic (exact) mass is 531 g/mol. The average Bonchev–Trinajstić information content (AvgIpc) is 2.87. The van der Waals surface area contributed by atoms with Crippen LogP contribution in [-0.4, -0.2) is 50.0 Å². The van der Waals surface area contributed by atoms with Crippen LogP contribution < -0.4 is 9.62 Å². The highest BCUT2D eigenvalue weighted by atomic mass is 32.2. The molecule has 202 valence electrons. The molecule has 2 aromatic carbocycles. The van der Waals surface area contributed by atoms with Crippen molar-refractivity contribution in [2.45, 2.75) is 76.9 Å². The molecule has 9 heteroatoms. The number of carbonyl (C=O) groups excluding carboxylic acids is 2. The summed E-state index contributed by atoms with van der Waals surface area (Å²) in [6.45, 7) is 2.12. The number of carbonyl (C=O) groups is 2. The first-order valence-electron chi connectivity index (χ1n) is 13.1. The van der Waals surface area contributed by atoms with Crippen molar-refractivity contribution in [1.29, 1.82) is 0 Å². The Morgan fingerprint density at radius 3 is 2.30 bits per heavy atom. The van der Waals surface area contributed by atoms with E-state index >= 15 is 0 Å². The van der Waals surface area contributed by atoms with Crippen molar-refractivity contribution in [2.75, 3.05) is 17.1 Å². The van der Waals surface area contributed by atoms with Gasteiger partial charge in [-0.15, -0.1) is 0 Å². The predicted octanol–water partition coefficient (Wildman–Crippen LogP) is 4.63. The molecule has 2 amide bonds. The first kappa shape index (κ1) is 28.6. The number of amides is 2. The van der Waals surface area contributed by atoms with Crippen LogP contribution >= 0.6 is 0 Å². The Balaban J connectivity index is 1.74. The van der Waals surface area contributed by atoms with Crippen molar-refractivity contribution in [3.8, 4) is 0 Å². The third kappa shape index (κ3) is 8.28. The van der Waals surface area contributed by atoms with Crippen LogP contribution in [0, 0.1) is 5.82 Å². The number of para-hydroxylation sites is 1. The van der Waals surface area contributed by atoms with Gasteiger partial charge in [0.25, 0.3) is 0 Å². The Bertz CT molecular complexity index is 1140. The Morgan fingerprint density at radius 1 is 1.03 bits per heavy atom. The zero-order chi connectivity index (χ0) is 26.8. The van der Waals surface area contributed by atoms with Crippen LogP contribution in [-0.2, 0) is 26.2 Å². The van der Waals surface area contributed by atoms with Gasteiger partial charge in [-0.3, -0.25) is 13.9 Å². The molecule has 1 N–H and O–H groups in total. The second-order valence-corrected chi connectivity index (χ2v) is 11.6. The average molecular weight is 532 g/mol. The van der Waals surface area contributed by atoms with E-state index in [0.717, 1.165) is 41.8 Å². The third-order valence-corrected chi connectivity index (χ3v) is 7.99. The second-order valence-electron chi connectivity index (χ2n) is 9.66. The Hall–Kier alpha value is -2.94. The maximum Gasteiger partial charge on any atom is 0.243 e. The lowest BCUT2D eigenvalue weighted by molar-refractivity contribution is -0.141. The highest BCUT2D eigenvalue weighted by Gasteiger charge is 2.30. The van der Waals surface area contributed by atoms with Gasteiger partial charge >= 0.3 is 0 Å². The number of anilines is 1. The molecule has 0 radical (unpaired) electrons. The highest BCUT2D eigenvalue weighted by molar-refractivity contribution is 7.92. The number of hydrogen-bond acceptors (Lipinski definition) is 4. The minimum atomic E-state index is -3.75. The summed E-state index contributed by atoms with van der Waals surface area (Å²) in [5, 5.41) is 3.15. The zero-order valence-corrected chi connectivity index (χ0v) is 22.6. The van der Waals surface area contributed by atoms with Crippen LogP contribution in [0.15, 0.2) is 54.6 Å². The van der Waals surface area contributed by atoms with Crippen LogP contribution in [0.1, 0.15) is 63.9 Å². The fourth-order valence-corrected chi connectivity index (χ4v) is 5.85. The number of nitrogens with zero attached hydrogens (tertiary/aromatic N) is 2. The molecule has 0 bridgehead atoms. The maximum atomic E-state index is 14.3. The predicted molar refractivity (Wildman–Crippen MR) is 144 cm³/mol. The van der Waals surface area contributed by atoms with Gasteiger partial charge in [0.2, 0.25) is 21.8 Å². The first-order chi connectivity index (χ1) is 17.7. The van der Waals surface area contributed by atoms with E-state index in [2.05, 4.69) is 5.32 Å². The van der Waals surface area contributed by atoms with E-state index in [-0.39, 0.29) is 49.5 Å². The van der Waals surface area contributed by atoms with Crippen LogP contribution in [0.25, 0.3) is 0 Å². The Kier molecular flexibility index (Phi) is 10.5. The summed E-state index contributed by atoms with van der Waals surface area (Å²) >= 11 is 0. The van der Waals surface area contributed by atoms with E-state index in [0.29, 0.717) is 6.42 Å². The molecule has 0 heterocycles. The van der Waals surface area contributed by atoms with E-state index < -0.39 is 21.9 Å². The summed E-state index contributed by atoms with van der Waals surface area (Å²) in [5.41, 5.74) is 0.862. The topological polar surface area (TPSA) is 86.8 Å². The molecule has 0 saturated heterocycles. The largest absolute Gasteiger partial charge is 0.352 e. The second kappa shape index (κ2) is 13.6. The maximum absolute atomic E-state index is 14.3. The smallest absolute Gasteiger partial charge is 0.243 e. The molecule has 1 aliphatic carbocycles. The van der Waals surface area contributed by atoms with Gasteiger partial charge in [0, 0.05) is 25.6 Å². The van der Waals surface area contributed by atoms with Gasteiger partial charge in [-0.25, -0.2) is 12.8 Å². The Labute approximate surface area is 220 Å². The number of benzene rings is 2. The molecule has 3 rings (SSSR count). The lowest BCUT2D eigenvalue weighted by atomic mass is 9.95. The normalized spacial score (nSPS) is 15.1. The summed E-state index contributed by atoms with van der Waals surface area (Å²) in [6.07, 6.45) is 6.96. The van der Waals surface area contributed by atoms with Gasteiger partial charge in [-0.1, -0.05) is 68.7 Å². The molecule has 0 aliphatic heterocycles. The summed E-state index contributed by atoms with van der Waals surface area (Å²) in [7, 11) is -3.75. The fourth-order valence-electron chi connectivity index (χ4n) is 4.88. The number of nitrogens with one attached hydrogen (secondary N) is 1. The van der Waals surface area contributed by atoms with Crippen molar-refractivity contribution < 1.29 is 22.4 Å². The van der Waals surface area contributed by atoms with Crippen molar-refractivity contribution in [2.24, 2.45) is 0 Å². The standard InChI is InChI=1S/C28H38FN3O4S/c1-3-25(28(34)30-23-15-8-5-9-16-23)31(21-22-13-6-4-7-14-22)27(33)19-12-20-32(37(2,35)36)26-18-11-10-17-24(26)29/h4,6-7,10-11,13-14,17-18,23,25H,3,5,8-9,12,15-16,19-21H2,1-2H3,(H,30,34)/t25-/m0/s1. The molecule has 1 atom stereocenters. The molecule has 1 aliphatic rings. The lowest BCUT2D eigenvalue weighted by Gasteiger charge is -2.33. The number of hydrogen-bond donors (Lipinski definition) is 1. The summed E-state index contributed by atoms with van der Waals surface area (Å²) in [4.78, 5) is 28.4. The van der Waals surface area contributed by atoms with E-state index in [9.17, 15) is 22.4 Å². The molecule has 37 heavy (non-hydrogen) atoms. The summed E-state index contributed by atoms with van der Waals surface area (Å²) < 4.78 is 40.1. The van der Waals surface area contributed by atoms with E-state index in [1.54, 1.807) is 11.0 Å². The minimum Gasteiger partial charge on any atom is -0.352 e. The molecule has 7 nitrogen and oxygen atoms in total. The van der Waals surface area contributed by atoms with Crippen LogP contribution in [0.5, 0.6) is 0 Å². The minimum absolute atomic E-state index is 0.0283. The molecule has 0 unspecified atom stereocenters. The van der Waals surface area contributed by atoms with E-state index in [1.165, 1.54) is 24.6 Å². The number of sulfonamides is 1. The van der Waals surface area contributed by atoms with Gasteiger partial charge < -0.3 is 10.2 Å². The lowest BCUT2D eigenvalue weighted by Crippen LogP contribution is -2.51. The highest BCUT2D eigenvalue weighted by Crippen LogP contribution is 2.23. The third-order valence-electron chi connectivity index (χ3n) is 6.81. The van der Waals surface area contributed by atoms with Gasteiger partial charge in [0.1, 0.15) is 11.9 Å². The summed E-state index contributed by atoms with van der Waals surface area (Å²) in [6, 6.07) is 14.7. The molecule has 0 aromatic heterocycles. The SMILES string of the molecule is CC[C@@H](C(=O)NC1CCCCC1)N(Cc1ccccc1)C(=O)CCCN(c1ccccc1F)S(C)(=O)=O. The van der Waals surface area contributed by atoms with Crippen molar-refractivity contribution in [1.82, 2.24) is 10.2 Å². The van der Waals surface area contributed by atoms with Crippen LogP contribution in [0.2, 0.25) is 0 Å². The van der Waals surface area contributed by atoms with Gasteiger partial charge in [0.15, 0.2) is 0 Å². The quantitative estimate of drug-likeness (QED) is 0.433. The molecule has 1 saturated carbocycles. The molecular weight excluding hydrogens is 493 g/mol. The first-order valence-corrected chi connectivity index (χ1v) is 14.9. The fraction of sp³-hybridized carbons (Fsp3) is 0.500. The molecule has 0 spiro atoms. The van der Waals surface area contributed by atoms with Crippen molar-refractivity contribution >= 4 is 27.5 Å². The van der Waals surface area contributed by atoms with Crippen molar-refractivity contribution in [3.05, 3.63) is 66.0 Å². The van der Waals surface area contributed by atoms with Gasteiger partial charge in [-0.2, -0.15) is 0 Å². The molecular formula is C28H38FN3O4S. The summed E-state index contributed by atoms with van der Waals surface area (Å²) in [5.74, 6) is -1.03. The number of rotatable bonds is 12. The van der Waals surface area contributed by atoms with Crippen molar-refractivity contribution in [3.63, 3.8) is 0 Å². The zero-order valence-electron chi connectivity index (χ0n) is 21.7. The number of halogens is 1. The molecule has 1 fully saturated rings. The Morgan fingerprint density at radius 2 is 1.68 bits per heavy atom. The van der Waals surface area contributed by atoms with Gasteiger partial charge in [0.05, 0.1) is 11.9 Å². The van der Waals surface area contributed by atoms with Crippen LogP contribution in [0.4, 0.5) is 10.1 Å². The van der Waals surface area contributed by atoms with E-state index in [1.807, 2.05) is 37.3 Å². The molecule has 2 aromatic rings. The van der Waals surface area contributed by atoms with E-state index in [4.69, 9.17) is 0 Å². The van der Waals surface area contributed by atoms with Gasteiger partial charge in [-0.05, 0) is 43.4 Å².